The molecule has 2 heterocycles. The Morgan fingerprint density at radius 1 is 1.31 bits per heavy atom. The fourth-order valence-electron chi connectivity index (χ4n) is 2.29. The monoisotopic (exact) mass is 264 g/mol. The SMILES string of the molecule is O=S(=O)(CC1CCCNC1)N1CCSCC1. The van der Waals surface area contributed by atoms with Crippen LogP contribution in [-0.4, -0.2) is 56.2 Å². The molecule has 2 aliphatic heterocycles. The normalized spacial score (nSPS) is 29.1. The number of sulfonamides is 1. The van der Waals surface area contributed by atoms with Crippen molar-refractivity contribution in [3.8, 4) is 0 Å². The van der Waals surface area contributed by atoms with Gasteiger partial charge < -0.3 is 5.32 Å². The molecule has 0 aromatic rings. The van der Waals surface area contributed by atoms with Gasteiger partial charge in [-0.1, -0.05) is 0 Å². The third-order valence-electron chi connectivity index (χ3n) is 3.21. The lowest BCUT2D eigenvalue weighted by Crippen LogP contribution is -2.43. The molecule has 4 nitrogen and oxygen atoms in total. The van der Waals surface area contributed by atoms with Gasteiger partial charge in [0.2, 0.25) is 10.0 Å². The fourth-order valence-corrected chi connectivity index (χ4v) is 5.26. The maximum absolute atomic E-state index is 12.1. The number of nitrogens with zero attached hydrogens (tertiary/aromatic N) is 1. The van der Waals surface area contributed by atoms with E-state index in [9.17, 15) is 8.42 Å². The molecule has 2 fully saturated rings. The maximum atomic E-state index is 12.1. The summed E-state index contributed by atoms with van der Waals surface area (Å²) in [5.41, 5.74) is 0. The number of hydrogen-bond donors (Lipinski definition) is 1. The van der Waals surface area contributed by atoms with Gasteiger partial charge in [-0.25, -0.2) is 12.7 Å². The van der Waals surface area contributed by atoms with E-state index in [0.717, 1.165) is 37.4 Å². The quantitative estimate of drug-likeness (QED) is 0.800. The van der Waals surface area contributed by atoms with Crippen molar-refractivity contribution in [2.24, 2.45) is 5.92 Å². The standard InChI is InChI=1S/C10H20N2O2S2/c13-16(14,12-4-6-15-7-5-12)9-10-2-1-3-11-8-10/h10-11H,1-9H2. The summed E-state index contributed by atoms with van der Waals surface area (Å²) >= 11 is 1.84. The summed E-state index contributed by atoms with van der Waals surface area (Å²) in [5, 5.41) is 3.27. The predicted octanol–water partition coefficient (Wildman–Crippen LogP) is 0.365. The first-order chi connectivity index (χ1) is 7.68. The van der Waals surface area contributed by atoms with Crippen LogP contribution in [0.15, 0.2) is 0 Å². The van der Waals surface area contributed by atoms with Gasteiger partial charge in [0.1, 0.15) is 0 Å². The summed E-state index contributed by atoms with van der Waals surface area (Å²) in [5.74, 6) is 2.54. The van der Waals surface area contributed by atoms with Crippen LogP contribution in [-0.2, 0) is 10.0 Å². The molecule has 2 rings (SSSR count). The average Bonchev–Trinajstić information content (AvgIpc) is 2.31. The largest absolute Gasteiger partial charge is 0.316 e. The van der Waals surface area contributed by atoms with E-state index >= 15 is 0 Å². The number of nitrogens with one attached hydrogen (secondary N) is 1. The summed E-state index contributed by atoms with van der Waals surface area (Å²) in [6.07, 6.45) is 2.16. The Balaban J connectivity index is 1.90. The lowest BCUT2D eigenvalue weighted by molar-refractivity contribution is 0.386. The molecule has 0 amide bonds. The summed E-state index contributed by atoms with van der Waals surface area (Å²) in [4.78, 5) is 0. The molecule has 2 saturated heterocycles. The van der Waals surface area contributed by atoms with Gasteiger partial charge >= 0.3 is 0 Å². The maximum Gasteiger partial charge on any atom is 0.214 e. The lowest BCUT2D eigenvalue weighted by Gasteiger charge is -2.29. The zero-order valence-electron chi connectivity index (χ0n) is 9.52. The summed E-state index contributed by atoms with van der Waals surface area (Å²) < 4.78 is 26.0. The highest BCUT2D eigenvalue weighted by molar-refractivity contribution is 7.99. The van der Waals surface area contributed by atoms with Crippen molar-refractivity contribution in [2.45, 2.75) is 12.8 Å². The summed E-state index contributed by atoms with van der Waals surface area (Å²) in [7, 11) is -3.00. The molecular formula is C10H20N2O2S2. The highest BCUT2D eigenvalue weighted by Gasteiger charge is 2.28. The molecule has 1 atom stereocenters. The Bertz CT molecular complexity index is 307. The van der Waals surface area contributed by atoms with Crippen LogP contribution >= 0.6 is 11.8 Å². The Kier molecular flexibility index (Phi) is 4.52. The van der Waals surface area contributed by atoms with Crippen LogP contribution in [0.1, 0.15) is 12.8 Å². The van der Waals surface area contributed by atoms with Crippen molar-refractivity contribution in [3.05, 3.63) is 0 Å². The third-order valence-corrected chi connectivity index (χ3v) is 6.20. The van der Waals surface area contributed by atoms with Crippen molar-refractivity contribution in [1.82, 2.24) is 9.62 Å². The average molecular weight is 264 g/mol. The minimum absolute atomic E-state index is 0.313. The van der Waals surface area contributed by atoms with Gasteiger partial charge in [-0.15, -0.1) is 0 Å². The number of hydrogen-bond acceptors (Lipinski definition) is 4. The van der Waals surface area contributed by atoms with Crippen molar-refractivity contribution in [3.63, 3.8) is 0 Å². The molecule has 0 saturated carbocycles. The van der Waals surface area contributed by atoms with E-state index in [2.05, 4.69) is 5.32 Å². The van der Waals surface area contributed by atoms with Gasteiger partial charge in [0, 0.05) is 24.6 Å². The van der Waals surface area contributed by atoms with Crippen LogP contribution < -0.4 is 5.32 Å². The van der Waals surface area contributed by atoms with Gasteiger partial charge in [-0.05, 0) is 31.8 Å². The summed E-state index contributed by atoms with van der Waals surface area (Å²) in [6.45, 7) is 3.30. The van der Waals surface area contributed by atoms with E-state index in [0.29, 0.717) is 24.8 Å². The molecule has 0 spiro atoms. The van der Waals surface area contributed by atoms with Crippen molar-refractivity contribution in [1.29, 1.82) is 0 Å². The van der Waals surface area contributed by atoms with E-state index in [4.69, 9.17) is 0 Å². The highest BCUT2D eigenvalue weighted by atomic mass is 32.2. The van der Waals surface area contributed by atoms with E-state index in [1.54, 1.807) is 4.31 Å². The predicted molar refractivity (Wildman–Crippen MR) is 68.3 cm³/mol. The second-order valence-corrected chi connectivity index (χ2v) is 7.74. The van der Waals surface area contributed by atoms with Crippen LogP contribution in [0.3, 0.4) is 0 Å². The second-order valence-electron chi connectivity index (χ2n) is 4.50. The van der Waals surface area contributed by atoms with Gasteiger partial charge in [-0.3, -0.25) is 0 Å². The lowest BCUT2D eigenvalue weighted by atomic mass is 10.0. The topological polar surface area (TPSA) is 49.4 Å². The van der Waals surface area contributed by atoms with Crippen molar-refractivity contribution < 1.29 is 8.42 Å². The molecule has 0 aliphatic carbocycles. The minimum Gasteiger partial charge on any atom is -0.316 e. The smallest absolute Gasteiger partial charge is 0.214 e. The molecule has 1 N–H and O–H groups in total. The van der Waals surface area contributed by atoms with Crippen LogP contribution in [0.25, 0.3) is 0 Å². The van der Waals surface area contributed by atoms with E-state index < -0.39 is 10.0 Å². The Morgan fingerprint density at radius 2 is 2.06 bits per heavy atom. The van der Waals surface area contributed by atoms with Gasteiger partial charge in [0.25, 0.3) is 0 Å². The molecule has 1 unspecified atom stereocenters. The molecule has 0 aromatic heterocycles. The molecule has 0 aromatic carbocycles. The van der Waals surface area contributed by atoms with Gasteiger partial charge in [-0.2, -0.15) is 11.8 Å². The highest BCUT2D eigenvalue weighted by Crippen LogP contribution is 2.18. The number of piperidine rings is 1. The first kappa shape index (κ1) is 12.7. The van der Waals surface area contributed by atoms with Crippen LogP contribution in [0.2, 0.25) is 0 Å². The first-order valence-electron chi connectivity index (χ1n) is 5.95. The molecule has 0 bridgehead atoms. The molecule has 2 aliphatic rings. The Hall–Kier alpha value is 0.220. The van der Waals surface area contributed by atoms with E-state index in [1.165, 1.54) is 0 Å². The van der Waals surface area contributed by atoms with Crippen molar-refractivity contribution in [2.75, 3.05) is 43.4 Å². The van der Waals surface area contributed by atoms with Crippen LogP contribution in [0.4, 0.5) is 0 Å². The first-order valence-corrected chi connectivity index (χ1v) is 8.71. The Morgan fingerprint density at radius 3 is 2.69 bits per heavy atom. The molecular weight excluding hydrogens is 244 g/mol. The number of rotatable bonds is 3. The molecule has 16 heavy (non-hydrogen) atoms. The van der Waals surface area contributed by atoms with Crippen molar-refractivity contribution >= 4 is 21.8 Å². The zero-order chi connectivity index (χ0) is 11.4. The molecule has 0 radical (unpaired) electrons. The minimum atomic E-state index is -3.00. The fraction of sp³-hybridized carbons (Fsp3) is 1.00. The third kappa shape index (κ3) is 3.35. The second kappa shape index (κ2) is 5.71. The van der Waals surface area contributed by atoms with E-state index in [1.807, 2.05) is 11.8 Å². The summed E-state index contributed by atoms with van der Waals surface area (Å²) in [6, 6.07) is 0. The van der Waals surface area contributed by atoms with Crippen LogP contribution in [0, 0.1) is 5.92 Å². The van der Waals surface area contributed by atoms with Gasteiger partial charge in [0.15, 0.2) is 0 Å². The Labute approximate surface area is 102 Å². The van der Waals surface area contributed by atoms with Gasteiger partial charge in [0.05, 0.1) is 5.75 Å². The zero-order valence-corrected chi connectivity index (χ0v) is 11.2. The molecule has 94 valence electrons. The van der Waals surface area contributed by atoms with E-state index in [-0.39, 0.29) is 0 Å². The number of thioether (sulfide) groups is 1. The molecule has 6 heteroatoms. The van der Waals surface area contributed by atoms with Crippen LogP contribution in [0.5, 0.6) is 0 Å².